The molecule has 1 aromatic carbocycles. The average molecular weight is 296 g/mol. The monoisotopic (exact) mass is 296 g/mol. The van der Waals surface area contributed by atoms with Crippen LogP contribution in [-0.2, 0) is 6.42 Å². The SMILES string of the molecule is CNC(Cc1ccccn1)c1ccc(OC(F)(F)F)cc1. The first kappa shape index (κ1) is 15.3. The van der Waals surface area contributed by atoms with Gasteiger partial charge in [-0.15, -0.1) is 13.2 Å². The molecule has 0 aliphatic rings. The van der Waals surface area contributed by atoms with Gasteiger partial charge in [-0.1, -0.05) is 18.2 Å². The third-order valence-electron chi connectivity index (χ3n) is 3.00. The second kappa shape index (κ2) is 6.58. The summed E-state index contributed by atoms with van der Waals surface area (Å²) in [5.74, 6) is -0.223. The minimum Gasteiger partial charge on any atom is -0.406 e. The fourth-order valence-corrected chi connectivity index (χ4v) is 2.02. The Balaban J connectivity index is 2.08. The van der Waals surface area contributed by atoms with Crippen molar-refractivity contribution in [2.24, 2.45) is 0 Å². The van der Waals surface area contributed by atoms with E-state index in [1.807, 2.05) is 18.2 Å². The highest BCUT2D eigenvalue weighted by Crippen LogP contribution is 2.25. The molecule has 1 N–H and O–H groups in total. The van der Waals surface area contributed by atoms with E-state index in [2.05, 4.69) is 15.0 Å². The van der Waals surface area contributed by atoms with E-state index in [0.717, 1.165) is 11.3 Å². The lowest BCUT2D eigenvalue weighted by Crippen LogP contribution is -2.20. The predicted molar refractivity (Wildman–Crippen MR) is 72.9 cm³/mol. The highest BCUT2D eigenvalue weighted by molar-refractivity contribution is 5.30. The maximum Gasteiger partial charge on any atom is 0.573 e. The number of ether oxygens (including phenoxy) is 1. The van der Waals surface area contributed by atoms with Gasteiger partial charge in [-0.25, -0.2) is 0 Å². The lowest BCUT2D eigenvalue weighted by atomic mass is 10.0. The van der Waals surface area contributed by atoms with Crippen molar-refractivity contribution >= 4 is 0 Å². The molecule has 0 aliphatic heterocycles. The molecule has 21 heavy (non-hydrogen) atoms. The molecule has 0 radical (unpaired) electrons. The second-order valence-corrected chi connectivity index (χ2v) is 4.48. The van der Waals surface area contributed by atoms with Crippen LogP contribution in [0.4, 0.5) is 13.2 Å². The maximum absolute atomic E-state index is 12.1. The van der Waals surface area contributed by atoms with Crippen LogP contribution in [0.2, 0.25) is 0 Å². The van der Waals surface area contributed by atoms with Crippen LogP contribution in [-0.4, -0.2) is 18.4 Å². The number of nitrogens with one attached hydrogen (secondary N) is 1. The first-order valence-electron chi connectivity index (χ1n) is 6.41. The molecular weight excluding hydrogens is 281 g/mol. The van der Waals surface area contributed by atoms with E-state index in [9.17, 15) is 13.2 Å². The molecule has 6 heteroatoms. The third-order valence-corrected chi connectivity index (χ3v) is 3.00. The van der Waals surface area contributed by atoms with Crippen molar-refractivity contribution in [3.8, 4) is 5.75 Å². The molecule has 1 aromatic heterocycles. The number of halogens is 3. The number of pyridine rings is 1. The van der Waals surface area contributed by atoms with Crippen LogP contribution >= 0.6 is 0 Å². The second-order valence-electron chi connectivity index (χ2n) is 4.48. The molecule has 112 valence electrons. The van der Waals surface area contributed by atoms with Gasteiger partial charge in [0, 0.05) is 24.4 Å². The maximum atomic E-state index is 12.1. The molecule has 0 amide bonds. The van der Waals surface area contributed by atoms with Crippen LogP contribution in [0.15, 0.2) is 48.7 Å². The van der Waals surface area contributed by atoms with E-state index in [1.165, 1.54) is 12.1 Å². The van der Waals surface area contributed by atoms with Crippen molar-refractivity contribution in [1.82, 2.24) is 10.3 Å². The first-order chi connectivity index (χ1) is 9.98. The van der Waals surface area contributed by atoms with Crippen LogP contribution in [0.25, 0.3) is 0 Å². The lowest BCUT2D eigenvalue weighted by Gasteiger charge is -2.17. The molecule has 0 spiro atoms. The molecule has 2 aromatic rings. The zero-order valence-electron chi connectivity index (χ0n) is 11.4. The number of rotatable bonds is 5. The van der Waals surface area contributed by atoms with Crippen LogP contribution in [0.3, 0.4) is 0 Å². The Bertz CT molecular complexity index is 555. The van der Waals surface area contributed by atoms with E-state index in [-0.39, 0.29) is 11.8 Å². The van der Waals surface area contributed by atoms with E-state index < -0.39 is 6.36 Å². The number of benzene rings is 1. The minimum absolute atomic E-state index is 0.0279. The van der Waals surface area contributed by atoms with Crippen LogP contribution < -0.4 is 10.1 Å². The Labute approximate surface area is 120 Å². The van der Waals surface area contributed by atoms with E-state index >= 15 is 0 Å². The molecule has 0 saturated carbocycles. The van der Waals surface area contributed by atoms with Gasteiger partial charge in [0.25, 0.3) is 0 Å². The van der Waals surface area contributed by atoms with Crippen molar-refractivity contribution in [2.75, 3.05) is 7.05 Å². The number of nitrogens with zero attached hydrogens (tertiary/aromatic N) is 1. The molecule has 0 saturated heterocycles. The molecule has 0 aliphatic carbocycles. The molecule has 1 unspecified atom stereocenters. The summed E-state index contributed by atoms with van der Waals surface area (Å²) in [4.78, 5) is 4.24. The summed E-state index contributed by atoms with van der Waals surface area (Å²) in [6.45, 7) is 0. The van der Waals surface area contributed by atoms with E-state index in [0.29, 0.717) is 6.42 Å². The van der Waals surface area contributed by atoms with Gasteiger partial charge in [0.2, 0.25) is 0 Å². The van der Waals surface area contributed by atoms with E-state index in [4.69, 9.17) is 0 Å². The summed E-state index contributed by atoms with van der Waals surface area (Å²) in [6, 6.07) is 11.5. The van der Waals surface area contributed by atoms with Crippen LogP contribution in [0, 0.1) is 0 Å². The van der Waals surface area contributed by atoms with Gasteiger partial charge in [-0.05, 0) is 36.9 Å². The van der Waals surface area contributed by atoms with Crippen molar-refractivity contribution in [1.29, 1.82) is 0 Å². The Morgan fingerprint density at radius 1 is 1.14 bits per heavy atom. The summed E-state index contributed by atoms with van der Waals surface area (Å²) < 4.78 is 40.2. The van der Waals surface area contributed by atoms with Gasteiger partial charge < -0.3 is 10.1 Å². The zero-order valence-corrected chi connectivity index (χ0v) is 11.4. The average Bonchev–Trinajstić information content (AvgIpc) is 2.45. The molecule has 2 rings (SSSR count). The number of alkyl halides is 3. The van der Waals surface area contributed by atoms with Crippen molar-refractivity contribution < 1.29 is 17.9 Å². The van der Waals surface area contributed by atoms with Gasteiger partial charge in [0.15, 0.2) is 0 Å². The summed E-state index contributed by atoms with van der Waals surface area (Å²) in [6.07, 6.45) is -2.31. The molecule has 0 fully saturated rings. The predicted octanol–water partition coefficient (Wildman–Crippen LogP) is 3.48. The topological polar surface area (TPSA) is 34.2 Å². The number of aromatic nitrogens is 1. The van der Waals surface area contributed by atoms with Crippen LogP contribution in [0.5, 0.6) is 5.75 Å². The summed E-state index contributed by atoms with van der Waals surface area (Å²) >= 11 is 0. The fraction of sp³-hybridized carbons (Fsp3) is 0.267. The number of hydrogen-bond acceptors (Lipinski definition) is 3. The Kier molecular flexibility index (Phi) is 4.80. The molecule has 3 nitrogen and oxygen atoms in total. The van der Waals surface area contributed by atoms with Gasteiger partial charge in [-0.2, -0.15) is 0 Å². The van der Waals surface area contributed by atoms with Gasteiger partial charge >= 0.3 is 6.36 Å². The molecular formula is C15H15F3N2O. The highest BCUT2D eigenvalue weighted by Gasteiger charge is 2.31. The van der Waals surface area contributed by atoms with Gasteiger partial charge in [0.1, 0.15) is 5.75 Å². The molecule has 1 heterocycles. The zero-order chi connectivity index (χ0) is 15.3. The highest BCUT2D eigenvalue weighted by atomic mass is 19.4. The Morgan fingerprint density at radius 3 is 2.38 bits per heavy atom. The smallest absolute Gasteiger partial charge is 0.406 e. The first-order valence-corrected chi connectivity index (χ1v) is 6.41. The minimum atomic E-state index is -4.67. The van der Waals surface area contributed by atoms with Gasteiger partial charge in [-0.3, -0.25) is 4.98 Å². The van der Waals surface area contributed by atoms with Crippen molar-refractivity contribution in [2.45, 2.75) is 18.8 Å². The largest absolute Gasteiger partial charge is 0.573 e. The summed E-state index contributed by atoms with van der Waals surface area (Å²) in [5, 5.41) is 3.13. The van der Waals surface area contributed by atoms with Gasteiger partial charge in [0.05, 0.1) is 0 Å². The standard InChI is InChI=1S/C15H15F3N2O/c1-19-14(10-12-4-2-3-9-20-12)11-5-7-13(8-6-11)21-15(16,17)18/h2-9,14,19H,10H2,1H3. The Hall–Kier alpha value is -2.08. The summed E-state index contributed by atoms with van der Waals surface area (Å²) in [7, 11) is 1.80. The van der Waals surface area contributed by atoms with E-state index in [1.54, 1.807) is 25.4 Å². The molecule has 0 bridgehead atoms. The third kappa shape index (κ3) is 4.75. The quantitative estimate of drug-likeness (QED) is 0.917. The summed E-state index contributed by atoms with van der Waals surface area (Å²) in [5.41, 5.74) is 1.78. The normalized spacial score (nSPS) is 13.0. The van der Waals surface area contributed by atoms with Crippen LogP contribution in [0.1, 0.15) is 17.3 Å². The number of likely N-dealkylation sites (N-methyl/N-ethyl adjacent to an activating group) is 1. The molecule has 1 atom stereocenters. The lowest BCUT2D eigenvalue weighted by molar-refractivity contribution is -0.274. The van der Waals surface area contributed by atoms with Crippen molar-refractivity contribution in [3.63, 3.8) is 0 Å². The Morgan fingerprint density at radius 2 is 1.86 bits per heavy atom. The fourth-order valence-electron chi connectivity index (χ4n) is 2.02. The van der Waals surface area contributed by atoms with Crippen molar-refractivity contribution in [3.05, 3.63) is 59.9 Å². The number of hydrogen-bond donors (Lipinski definition) is 1.